The Balaban J connectivity index is 2.03. The third-order valence-corrected chi connectivity index (χ3v) is 5.58. The highest BCUT2D eigenvalue weighted by Gasteiger charge is 2.31. The van der Waals surface area contributed by atoms with Gasteiger partial charge >= 0.3 is 5.69 Å². The summed E-state index contributed by atoms with van der Waals surface area (Å²) in [5, 5.41) is 0. The Labute approximate surface area is 178 Å². The monoisotopic (exact) mass is 431 g/mol. The predicted molar refractivity (Wildman–Crippen MR) is 113 cm³/mol. The Kier molecular flexibility index (Phi) is 6.69. The van der Waals surface area contributed by atoms with E-state index in [-0.39, 0.29) is 31.0 Å². The average Bonchev–Trinajstić information content (AvgIpc) is 2.72. The highest BCUT2D eigenvalue weighted by atomic mass is 19.1. The number of likely N-dealkylation sites (tertiary alicyclic amines) is 1. The minimum absolute atomic E-state index is 0.0367. The van der Waals surface area contributed by atoms with Gasteiger partial charge in [-0.3, -0.25) is 28.4 Å². The molecule has 31 heavy (non-hydrogen) atoms. The van der Waals surface area contributed by atoms with Crippen LogP contribution in [0.5, 0.6) is 0 Å². The molecule has 1 fully saturated rings. The molecular weight excluding hydrogens is 405 g/mol. The number of nitrogens with zero attached hydrogens (tertiary/aromatic N) is 3. The Morgan fingerprint density at radius 3 is 2.58 bits per heavy atom. The van der Waals surface area contributed by atoms with Gasteiger partial charge in [0.1, 0.15) is 17.2 Å². The maximum Gasteiger partial charge on any atom is 0.332 e. The predicted octanol–water partition coefficient (Wildman–Crippen LogP) is 0.322. The first kappa shape index (κ1) is 22.4. The molecule has 2 aromatic rings. The second-order valence-corrected chi connectivity index (χ2v) is 7.62. The van der Waals surface area contributed by atoms with Gasteiger partial charge in [-0.2, -0.15) is 0 Å². The molecule has 2 heterocycles. The van der Waals surface area contributed by atoms with Gasteiger partial charge in [0.25, 0.3) is 5.56 Å². The summed E-state index contributed by atoms with van der Waals surface area (Å²) in [4.78, 5) is 52.2. The summed E-state index contributed by atoms with van der Waals surface area (Å²) in [6, 6.07) is 5.04. The molecule has 4 N–H and O–H groups in total. The van der Waals surface area contributed by atoms with Crippen molar-refractivity contribution in [2.75, 3.05) is 18.8 Å². The second kappa shape index (κ2) is 9.25. The number of anilines is 1. The van der Waals surface area contributed by atoms with Gasteiger partial charge in [-0.15, -0.1) is 0 Å². The molecule has 0 radical (unpaired) electrons. The lowest BCUT2D eigenvalue weighted by molar-refractivity contribution is -0.124. The summed E-state index contributed by atoms with van der Waals surface area (Å²) in [5.41, 5.74) is 10.3. The zero-order valence-electron chi connectivity index (χ0n) is 17.3. The van der Waals surface area contributed by atoms with E-state index >= 15 is 0 Å². The van der Waals surface area contributed by atoms with Crippen molar-refractivity contribution in [1.82, 2.24) is 14.0 Å². The average molecular weight is 431 g/mol. The van der Waals surface area contributed by atoms with E-state index in [1.165, 1.54) is 18.2 Å². The maximum absolute atomic E-state index is 13.6. The molecular formula is C21H26FN5O4. The third kappa shape index (κ3) is 4.58. The number of benzene rings is 1. The first-order valence-electron chi connectivity index (χ1n) is 10.2. The number of Topliss-reactive ketones (excluding diaryl/α,β-unsaturated/α-hetero) is 1. The highest BCUT2D eigenvalue weighted by Crippen LogP contribution is 2.18. The number of primary amides is 1. The quantitative estimate of drug-likeness (QED) is 0.607. The lowest BCUT2D eigenvalue weighted by atomic mass is 10.0. The van der Waals surface area contributed by atoms with Crippen LogP contribution < -0.4 is 22.7 Å². The van der Waals surface area contributed by atoms with E-state index in [1.807, 2.05) is 0 Å². The SMILES string of the molecule is CCn1c(=O)c(C(=O)CN2CCCC[C@@H]2C(N)=O)c(N)n(Cc2cccc(F)c2)c1=O. The summed E-state index contributed by atoms with van der Waals surface area (Å²) in [6.45, 7) is 1.82. The van der Waals surface area contributed by atoms with E-state index in [4.69, 9.17) is 11.5 Å². The van der Waals surface area contributed by atoms with Crippen LogP contribution >= 0.6 is 0 Å². The van der Waals surface area contributed by atoms with E-state index in [9.17, 15) is 23.6 Å². The second-order valence-electron chi connectivity index (χ2n) is 7.62. The van der Waals surface area contributed by atoms with Crippen LogP contribution in [0.2, 0.25) is 0 Å². The lowest BCUT2D eigenvalue weighted by Gasteiger charge is -2.33. The Morgan fingerprint density at radius 1 is 1.19 bits per heavy atom. The summed E-state index contributed by atoms with van der Waals surface area (Å²) >= 11 is 0. The van der Waals surface area contributed by atoms with Gasteiger partial charge in [-0.1, -0.05) is 18.6 Å². The van der Waals surface area contributed by atoms with Gasteiger partial charge in [0, 0.05) is 6.54 Å². The Morgan fingerprint density at radius 2 is 1.94 bits per heavy atom. The number of carbonyl (C=O) groups is 2. The van der Waals surface area contributed by atoms with Crippen LogP contribution in [0.4, 0.5) is 10.2 Å². The van der Waals surface area contributed by atoms with Crippen molar-refractivity contribution in [3.63, 3.8) is 0 Å². The largest absolute Gasteiger partial charge is 0.384 e. The molecule has 166 valence electrons. The fourth-order valence-electron chi connectivity index (χ4n) is 3.99. The van der Waals surface area contributed by atoms with Crippen LogP contribution in [0.3, 0.4) is 0 Å². The maximum atomic E-state index is 13.6. The van der Waals surface area contributed by atoms with Gasteiger partial charge in [-0.05, 0) is 44.0 Å². The number of carbonyl (C=O) groups excluding carboxylic acids is 2. The van der Waals surface area contributed by atoms with Gasteiger partial charge in [0.05, 0.1) is 19.1 Å². The molecule has 1 aromatic heterocycles. The van der Waals surface area contributed by atoms with Crippen LogP contribution in [-0.2, 0) is 17.9 Å². The van der Waals surface area contributed by atoms with Crippen LogP contribution in [0, 0.1) is 5.82 Å². The van der Waals surface area contributed by atoms with Crippen LogP contribution in [0.1, 0.15) is 42.1 Å². The molecule has 1 aromatic carbocycles. The van der Waals surface area contributed by atoms with Crippen molar-refractivity contribution in [2.24, 2.45) is 5.73 Å². The van der Waals surface area contributed by atoms with Crippen LogP contribution in [-0.4, -0.2) is 44.9 Å². The molecule has 0 aliphatic carbocycles. The van der Waals surface area contributed by atoms with Gasteiger partial charge in [-0.25, -0.2) is 9.18 Å². The van der Waals surface area contributed by atoms with Gasteiger partial charge in [0.2, 0.25) is 5.91 Å². The van der Waals surface area contributed by atoms with Gasteiger partial charge < -0.3 is 11.5 Å². The normalized spacial score (nSPS) is 16.9. The van der Waals surface area contributed by atoms with Crippen molar-refractivity contribution >= 4 is 17.5 Å². The molecule has 10 heteroatoms. The minimum Gasteiger partial charge on any atom is -0.384 e. The topological polar surface area (TPSA) is 133 Å². The van der Waals surface area contributed by atoms with E-state index in [2.05, 4.69) is 0 Å². The molecule has 1 saturated heterocycles. The fourth-order valence-corrected chi connectivity index (χ4v) is 3.99. The van der Waals surface area contributed by atoms with Crippen molar-refractivity contribution in [3.8, 4) is 0 Å². The minimum atomic E-state index is -0.780. The molecule has 0 bridgehead atoms. The molecule has 0 saturated carbocycles. The molecule has 1 aliphatic heterocycles. The summed E-state index contributed by atoms with van der Waals surface area (Å²) in [6.07, 6.45) is 2.16. The zero-order chi connectivity index (χ0) is 22.7. The van der Waals surface area contributed by atoms with E-state index in [1.54, 1.807) is 17.9 Å². The first-order chi connectivity index (χ1) is 14.7. The van der Waals surface area contributed by atoms with E-state index in [0.29, 0.717) is 18.5 Å². The summed E-state index contributed by atoms with van der Waals surface area (Å²) in [7, 11) is 0. The Hall–Kier alpha value is -3.27. The van der Waals surface area contributed by atoms with Crippen LogP contribution in [0.15, 0.2) is 33.9 Å². The number of nitrogen functional groups attached to an aromatic ring is 1. The standard InChI is InChI=1S/C21H26FN5O4/c1-2-26-20(30)17(16(28)12-25-9-4-3-8-15(25)19(24)29)18(23)27(21(26)31)11-13-6-5-7-14(22)10-13/h5-7,10,15H,2-4,8-9,11-12,23H2,1H3,(H2,24,29)/t15-/m1/s1. The lowest BCUT2D eigenvalue weighted by Crippen LogP contribution is -2.51. The molecule has 1 atom stereocenters. The fraction of sp³-hybridized carbons (Fsp3) is 0.429. The van der Waals surface area contributed by atoms with E-state index in [0.717, 1.165) is 22.0 Å². The number of nitrogens with two attached hydrogens (primary N) is 2. The van der Waals surface area contributed by atoms with E-state index < -0.39 is 34.8 Å². The molecule has 0 spiro atoms. The zero-order valence-corrected chi connectivity index (χ0v) is 17.3. The number of halogens is 1. The highest BCUT2D eigenvalue weighted by molar-refractivity contribution is 6.01. The van der Waals surface area contributed by atoms with Crippen LogP contribution in [0.25, 0.3) is 0 Å². The first-order valence-corrected chi connectivity index (χ1v) is 10.2. The van der Waals surface area contributed by atoms with Crippen molar-refractivity contribution in [3.05, 3.63) is 62.0 Å². The number of hydrogen-bond donors (Lipinski definition) is 2. The number of hydrogen-bond acceptors (Lipinski definition) is 6. The molecule has 0 unspecified atom stereocenters. The molecule has 9 nitrogen and oxygen atoms in total. The number of rotatable bonds is 7. The number of piperidine rings is 1. The molecule has 3 rings (SSSR count). The summed E-state index contributed by atoms with van der Waals surface area (Å²) in [5.74, 6) is -1.87. The third-order valence-electron chi connectivity index (χ3n) is 5.58. The van der Waals surface area contributed by atoms with Crippen molar-refractivity contribution in [2.45, 2.75) is 45.3 Å². The number of amides is 1. The summed E-state index contributed by atoms with van der Waals surface area (Å²) < 4.78 is 15.6. The van der Waals surface area contributed by atoms with Crippen molar-refractivity contribution < 1.29 is 14.0 Å². The smallest absolute Gasteiger partial charge is 0.332 e. The van der Waals surface area contributed by atoms with Crippen molar-refractivity contribution in [1.29, 1.82) is 0 Å². The number of ketones is 1. The molecule has 1 aliphatic rings. The Bertz CT molecular complexity index is 1120. The molecule has 1 amide bonds. The van der Waals surface area contributed by atoms with Gasteiger partial charge in [0.15, 0.2) is 5.78 Å². The number of aromatic nitrogens is 2.